The summed E-state index contributed by atoms with van der Waals surface area (Å²) in [6.45, 7) is -0.830. The Morgan fingerprint density at radius 1 is 1.16 bits per heavy atom. The van der Waals surface area contributed by atoms with Gasteiger partial charge in [-0.15, -0.1) is 22.7 Å². The fourth-order valence-electron chi connectivity index (χ4n) is 2.96. The highest BCUT2D eigenvalue weighted by Crippen LogP contribution is 2.33. The highest BCUT2D eigenvalue weighted by atomic mass is 32.1. The van der Waals surface area contributed by atoms with Crippen molar-refractivity contribution in [1.82, 2.24) is 9.55 Å². The van der Waals surface area contributed by atoms with Crippen molar-refractivity contribution < 1.29 is 19.1 Å². The number of anilines is 1. The zero-order valence-electron chi connectivity index (χ0n) is 16.4. The smallest absolute Gasteiger partial charge is 0.326 e. The van der Waals surface area contributed by atoms with Gasteiger partial charge in [-0.3, -0.25) is 19.0 Å². The lowest BCUT2D eigenvalue weighted by Gasteiger charge is -2.10. The maximum absolute atomic E-state index is 12.9. The second-order valence-electron chi connectivity index (χ2n) is 6.39. The molecule has 0 radical (unpaired) electrons. The van der Waals surface area contributed by atoms with Crippen molar-refractivity contribution in [2.45, 2.75) is 6.54 Å². The van der Waals surface area contributed by atoms with Gasteiger partial charge in [0.2, 0.25) is 0 Å². The summed E-state index contributed by atoms with van der Waals surface area (Å²) in [5, 5.41) is 6.90. The number of thiophene rings is 2. The minimum atomic E-state index is -0.716. The first-order valence-electron chi connectivity index (χ1n) is 9.16. The van der Waals surface area contributed by atoms with Gasteiger partial charge >= 0.3 is 5.97 Å². The first-order valence-corrected chi connectivity index (χ1v) is 10.9. The molecule has 1 aromatic carbocycles. The molecular weight excluding hydrogens is 438 g/mol. The molecule has 0 spiro atoms. The predicted octanol–water partition coefficient (Wildman–Crippen LogP) is 3.38. The molecule has 3 aromatic heterocycles. The van der Waals surface area contributed by atoms with Crippen LogP contribution in [0.2, 0.25) is 0 Å². The van der Waals surface area contributed by atoms with Crippen LogP contribution in [0.5, 0.6) is 5.75 Å². The van der Waals surface area contributed by atoms with Crippen LogP contribution in [-0.4, -0.2) is 35.1 Å². The summed E-state index contributed by atoms with van der Waals surface area (Å²) in [6.07, 6.45) is 1.32. The quantitative estimate of drug-likeness (QED) is 0.429. The Labute approximate surface area is 184 Å². The Kier molecular flexibility index (Phi) is 6.10. The lowest BCUT2D eigenvalue weighted by Crippen LogP contribution is -2.28. The van der Waals surface area contributed by atoms with Gasteiger partial charge in [0.1, 0.15) is 17.1 Å². The molecule has 0 bridgehead atoms. The third-order valence-corrected chi connectivity index (χ3v) is 6.18. The van der Waals surface area contributed by atoms with Gasteiger partial charge in [-0.1, -0.05) is 18.2 Å². The number of carbonyl (C=O) groups is 2. The molecule has 10 heteroatoms. The van der Waals surface area contributed by atoms with Crippen LogP contribution in [-0.2, 0) is 20.9 Å². The molecule has 0 aliphatic rings. The zero-order chi connectivity index (χ0) is 21.8. The Bertz CT molecular complexity index is 1290. The molecule has 8 nitrogen and oxygen atoms in total. The average Bonchev–Trinajstić information content (AvgIpc) is 3.44. The molecule has 1 amide bonds. The molecule has 0 saturated carbocycles. The first-order chi connectivity index (χ1) is 15.1. The largest absolute Gasteiger partial charge is 0.495 e. The van der Waals surface area contributed by atoms with E-state index in [-0.39, 0.29) is 12.1 Å². The zero-order valence-corrected chi connectivity index (χ0v) is 18.0. The van der Waals surface area contributed by atoms with Gasteiger partial charge < -0.3 is 14.8 Å². The number of para-hydroxylation sites is 2. The molecule has 4 rings (SSSR count). The Hall–Kier alpha value is -3.50. The van der Waals surface area contributed by atoms with Crippen LogP contribution in [0.15, 0.2) is 58.3 Å². The number of methoxy groups -OCH3 is 1. The second-order valence-corrected chi connectivity index (χ2v) is 8.20. The van der Waals surface area contributed by atoms with E-state index in [0.717, 1.165) is 10.4 Å². The van der Waals surface area contributed by atoms with Crippen LogP contribution in [0.3, 0.4) is 0 Å². The van der Waals surface area contributed by atoms with Gasteiger partial charge in [0.05, 0.1) is 24.5 Å². The van der Waals surface area contributed by atoms with Crippen LogP contribution >= 0.6 is 22.7 Å². The lowest BCUT2D eigenvalue weighted by atomic mass is 10.2. The van der Waals surface area contributed by atoms with Gasteiger partial charge in [0, 0.05) is 15.8 Å². The highest BCUT2D eigenvalue weighted by Gasteiger charge is 2.16. The monoisotopic (exact) mass is 455 g/mol. The molecule has 0 atom stereocenters. The molecule has 1 N–H and O–H groups in total. The fourth-order valence-corrected chi connectivity index (χ4v) is 4.68. The minimum absolute atomic E-state index is 0.329. The Morgan fingerprint density at radius 2 is 2.00 bits per heavy atom. The molecule has 31 heavy (non-hydrogen) atoms. The summed E-state index contributed by atoms with van der Waals surface area (Å²) in [6, 6.07) is 10.7. The van der Waals surface area contributed by atoms with Gasteiger partial charge in [-0.05, 0) is 23.6 Å². The van der Waals surface area contributed by atoms with E-state index in [1.54, 1.807) is 24.3 Å². The van der Waals surface area contributed by atoms with E-state index in [0.29, 0.717) is 21.7 Å². The third-order valence-electron chi connectivity index (χ3n) is 4.39. The molecule has 4 aromatic rings. The standard InChI is InChI=1S/C21H17N3O5S2/c1-28-15-6-3-2-5-14(15)23-17(25)10-29-18(26)9-24-12-22-20-19(21(24)27)13(11-31-20)16-7-4-8-30-16/h2-8,11-12H,9-10H2,1H3,(H,23,25). The summed E-state index contributed by atoms with van der Waals surface area (Å²) < 4.78 is 11.4. The number of ether oxygens (including phenoxy) is 2. The Balaban J connectivity index is 1.43. The van der Waals surface area contributed by atoms with E-state index >= 15 is 0 Å². The number of nitrogens with zero attached hydrogens (tertiary/aromatic N) is 2. The number of nitrogens with one attached hydrogen (secondary N) is 1. The van der Waals surface area contributed by atoms with Gasteiger partial charge in [0.25, 0.3) is 11.5 Å². The molecule has 0 saturated heterocycles. The van der Waals surface area contributed by atoms with Crippen LogP contribution < -0.4 is 15.6 Å². The molecule has 0 unspecified atom stereocenters. The van der Waals surface area contributed by atoms with Crippen LogP contribution in [0, 0.1) is 0 Å². The Morgan fingerprint density at radius 3 is 2.77 bits per heavy atom. The number of amides is 1. The number of benzene rings is 1. The normalized spacial score (nSPS) is 10.7. The lowest BCUT2D eigenvalue weighted by molar-refractivity contribution is -0.147. The van der Waals surface area contributed by atoms with E-state index < -0.39 is 18.5 Å². The van der Waals surface area contributed by atoms with Crippen LogP contribution in [0.1, 0.15) is 0 Å². The van der Waals surface area contributed by atoms with Gasteiger partial charge in [-0.25, -0.2) is 4.98 Å². The number of rotatable bonds is 7. The maximum Gasteiger partial charge on any atom is 0.326 e. The second kappa shape index (κ2) is 9.11. The van der Waals surface area contributed by atoms with Crippen molar-refractivity contribution >= 4 is 50.5 Å². The number of esters is 1. The molecule has 3 heterocycles. The topological polar surface area (TPSA) is 99.5 Å². The van der Waals surface area contributed by atoms with Crippen molar-refractivity contribution in [2.75, 3.05) is 19.0 Å². The SMILES string of the molecule is COc1ccccc1NC(=O)COC(=O)Cn1cnc2scc(-c3cccs3)c2c1=O. The average molecular weight is 456 g/mol. The van der Waals surface area contributed by atoms with E-state index in [1.807, 2.05) is 22.9 Å². The van der Waals surface area contributed by atoms with Crippen LogP contribution in [0.25, 0.3) is 20.7 Å². The molecular formula is C21H17N3O5S2. The molecule has 0 fully saturated rings. The van der Waals surface area contributed by atoms with E-state index in [4.69, 9.17) is 9.47 Å². The van der Waals surface area contributed by atoms with Crippen LogP contribution in [0.4, 0.5) is 5.69 Å². The summed E-state index contributed by atoms with van der Waals surface area (Å²) in [5.74, 6) is -0.742. The number of hydrogen-bond donors (Lipinski definition) is 1. The summed E-state index contributed by atoms with van der Waals surface area (Å²) >= 11 is 2.90. The first kappa shape index (κ1) is 20.8. The fraction of sp³-hybridized carbons (Fsp3) is 0.143. The van der Waals surface area contributed by atoms with E-state index in [2.05, 4.69) is 10.3 Å². The predicted molar refractivity (Wildman–Crippen MR) is 120 cm³/mol. The van der Waals surface area contributed by atoms with E-state index in [1.165, 1.54) is 40.7 Å². The number of fused-ring (bicyclic) bond motifs is 1. The third kappa shape index (κ3) is 4.49. The van der Waals surface area contributed by atoms with E-state index in [9.17, 15) is 14.4 Å². The van der Waals surface area contributed by atoms with Crippen molar-refractivity contribution in [1.29, 1.82) is 0 Å². The van der Waals surface area contributed by atoms with Gasteiger partial charge in [0.15, 0.2) is 6.61 Å². The minimum Gasteiger partial charge on any atom is -0.495 e. The molecule has 0 aliphatic carbocycles. The van der Waals surface area contributed by atoms with Gasteiger partial charge in [-0.2, -0.15) is 0 Å². The summed E-state index contributed by atoms with van der Waals surface area (Å²) in [7, 11) is 1.49. The number of carbonyl (C=O) groups excluding carboxylic acids is 2. The summed E-state index contributed by atoms with van der Waals surface area (Å²) in [4.78, 5) is 43.1. The van der Waals surface area contributed by atoms with Crippen molar-refractivity contribution in [3.63, 3.8) is 0 Å². The van der Waals surface area contributed by atoms with Crippen molar-refractivity contribution in [2.24, 2.45) is 0 Å². The summed E-state index contributed by atoms with van der Waals surface area (Å²) in [5.41, 5.74) is 0.937. The number of aromatic nitrogens is 2. The van der Waals surface area contributed by atoms with Crippen molar-refractivity contribution in [3.8, 4) is 16.2 Å². The number of hydrogen-bond acceptors (Lipinski definition) is 8. The maximum atomic E-state index is 12.9. The van der Waals surface area contributed by atoms with Crippen molar-refractivity contribution in [3.05, 3.63) is 63.8 Å². The molecule has 0 aliphatic heterocycles. The molecule has 158 valence electrons. The highest BCUT2D eigenvalue weighted by molar-refractivity contribution is 7.18.